The van der Waals surface area contributed by atoms with Crippen LogP contribution in [0.15, 0.2) is 12.4 Å². The van der Waals surface area contributed by atoms with Gasteiger partial charge in [-0.1, -0.05) is 6.42 Å². The molecule has 1 saturated heterocycles. The zero-order valence-corrected chi connectivity index (χ0v) is 14.8. The Kier molecular flexibility index (Phi) is 4.87. The van der Waals surface area contributed by atoms with E-state index in [0.717, 1.165) is 63.1 Å². The Morgan fingerprint density at radius 1 is 1.09 bits per heavy atom. The maximum absolute atomic E-state index is 12.3. The van der Waals surface area contributed by atoms with Gasteiger partial charge in [0.05, 0.1) is 6.26 Å². The fourth-order valence-corrected chi connectivity index (χ4v) is 5.16. The van der Waals surface area contributed by atoms with Gasteiger partial charge in [-0.2, -0.15) is 4.31 Å². The molecular formula is C16H26N4O2S. The Morgan fingerprint density at radius 3 is 2.39 bits per heavy atom. The number of nitrogens with zero attached hydrogens (tertiary/aromatic N) is 4. The van der Waals surface area contributed by atoms with Crippen LogP contribution in [0.3, 0.4) is 0 Å². The van der Waals surface area contributed by atoms with Crippen molar-refractivity contribution < 1.29 is 8.42 Å². The summed E-state index contributed by atoms with van der Waals surface area (Å²) in [6.45, 7) is 3.74. The van der Waals surface area contributed by atoms with Crippen LogP contribution in [0.2, 0.25) is 0 Å². The molecule has 0 amide bonds. The van der Waals surface area contributed by atoms with Crippen molar-refractivity contribution in [1.82, 2.24) is 14.3 Å². The van der Waals surface area contributed by atoms with Gasteiger partial charge in [-0.15, -0.1) is 0 Å². The van der Waals surface area contributed by atoms with Crippen LogP contribution in [0.5, 0.6) is 0 Å². The van der Waals surface area contributed by atoms with E-state index in [4.69, 9.17) is 0 Å². The van der Waals surface area contributed by atoms with Crippen LogP contribution in [0.25, 0.3) is 0 Å². The molecule has 1 aliphatic heterocycles. The molecule has 1 aromatic heterocycles. The molecule has 2 aliphatic rings. The summed E-state index contributed by atoms with van der Waals surface area (Å²) in [5, 5.41) is 0. The summed E-state index contributed by atoms with van der Waals surface area (Å²) < 4.78 is 26.3. The van der Waals surface area contributed by atoms with Crippen molar-refractivity contribution in [3.05, 3.63) is 18.1 Å². The first-order valence-corrected chi connectivity index (χ1v) is 10.3. The highest BCUT2D eigenvalue weighted by atomic mass is 32.2. The first-order chi connectivity index (χ1) is 10.9. The van der Waals surface area contributed by atoms with Crippen molar-refractivity contribution >= 4 is 15.8 Å². The molecule has 0 unspecified atom stereocenters. The molecule has 1 aliphatic carbocycles. The van der Waals surface area contributed by atoms with Gasteiger partial charge in [0.15, 0.2) is 0 Å². The molecule has 3 rings (SSSR count). The van der Waals surface area contributed by atoms with Crippen LogP contribution in [0.1, 0.15) is 44.2 Å². The Balaban J connectivity index is 1.72. The van der Waals surface area contributed by atoms with Crippen molar-refractivity contribution in [3.63, 3.8) is 0 Å². The van der Waals surface area contributed by atoms with E-state index in [-0.39, 0.29) is 12.1 Å². The maximum Gasteiger partial charge on any atom is 0.211 e. The van der Waals surface area contributed by atoms with Gasteiger partial charge in [0.2, 0.25) is 10.0 Å². The monoisotopic (exact) mass is 338 g/mol. The normalized spacial score (nSPS) is 23.6. The van der Waals surface area contributed by atoms with Gasteiger partial charge in [0.25, 0.3) is 0 Å². The second-order valence-corrected chi connectivity index (χ2v) is 8.65. The molecule has 0 radical (unpaired) electrons. The van der Waals surface area contributed by atoms with Gasteiger partial charge in [0.1, 0.15) is 12.1 Å². The van der Waals surface area contributed by atoms with Crippen LogP contribution in [0, 0.1) is 6.92 Å². The van der Waals surface area contributed by atoms with E-state index in [9.17, 15) is 8.42 Å². The lowest BCUT2D eigenvalue weighted by molar-refractivity contribution is 0.164. The number of aryl methyl sites for hydroxylation is 1. The molecule has 0 bridgehead atoms. The number of sulfonamides is 1. The molecule has 128 valence electrons. The quantitative estimate of drug-likeness (QED) is 0.839. The fraction of sp³-hybridized carbons (Fsp3) is 0.750. The van der Waals surface area contributed by atoms with E-state index in [1.165, 1.54) is 6.26 Å². The predicted octanol–water partition coefficient (Wildman–Crippen LogP) is 1.96. The lowest BCUT2D eigenvalue weighted by atomic mass is 9.91. The second-order valence-electron chi connectivity index (χ2n) is 6.77. The summed E-state index contributed by atoms with van der Waals surface area (Å²) in [7, 11) is -3.14. The highest BCUT2D eigenvalue weighted by Gasteiger charge is 2.37. The summed E-state index contributed by atoms with van der Waals surface area (Å²) in [6.07, 6.45) is 8.93. The fourth-order valence-electron chi connectivity index (χ4n) is 3.66. The molecule has 6 nitrogen and oxygen atoms in total. The standard InChI is InChI=1S/C16H26N4O2S/c1-13-11-16(18-12-17-13)19-9-4-7-15(8-10-19)20(23(2,21)22)14-5-3-6-14/h11-12,14-15H,3-10H2,1-2H3/t15-/m0/s1. The summed E-state index contributed by atoms with van der Waals surface area (Å²) in [6, 6.07) is 2.35. The molecule has 1 aromatic rings. The lowest BCUT2D eigenvalue weighted by Gasteiger charge is -2.40. The van der Waals surface area contributed by atoms with Crippen molar-refractivity contribution in [2.45, 2.75) is 57.5 Å². The minimum absolute atomic E-state index is 0.128. The molecule has 1 saturated carbocycles. The van der Waals surface area contributed by atoms with Crippen LogP contribution in [-0.4, -0.2) is 54.1 Å². The molecule has 1 atom stereocenters. The Hall–Kier alpha value is -1.21. The first kappa shape index (κ1) is 16.6. The topological polar surface area (TPSA) is 66.4 Å². The van der Waals surface area contributed by atoms with E-state index < -0.39 is 10.0 Å². The van der Waals surface area contributed by atoms with E-state index in [2.05, 4.69) is 14.9 Å². The van der Waals surface area contributed by atoms with Gasteiger partial charge >= 0.3 is 0 Å². The van der Waals surface area contributed by atoms with E-state index >= 15 is 0 Å². The molecule has 2 fully saturated rings. The van der Waals surface area contributed by atoms with Crippen LogP contribution in [-0.2, 0) is 10.0 Å². The molecule has 0 N–H and O–H groups in total. The molecule has 23 heavy (non-hydrogen) atoms. The summed E-state index contributed by atoms with van der Waals surface area (Å²) in [5.74, 6) is 0.952. The highest BCUT2D eigenvalue weighted by molar-refractivity contribution is 7.88. The maximum atomic E-state index is 12.3. The average molecular weight is 338 g/mol. The lowest BCUT2D eigenvalue weighted by Crippen LogP contribution is -2.49. The number of rotatable bonds is 4. The third-order valence-corrected chi connectivity index (χ3v) is 6.35. The number of anilines is 1. The van der Waals surface area contributed by atoms with Gasteiger partial charge in [-0.3, -0.25) is 0 Å². The number of hydrogen-bond donors (Lipinski definition) is 0. The van der Waals surface area contributed by atoms with Crippen molar-refractivity contribution in [2.24, 2.45) is 0 Å². The van der Waals surface area contributed by atoms with E-state index in [1.54, 1.807) is 6.33 Å². The third kappa shape index (κ3) is 3.83. The molecule has 7 heteroatoms. The largest absolute Gasteiger partial charge is 0.356 e. The van der Waals surface area contributed by atoms with Crippen LogP contribution in [0.4, 0.5) is 5.82 Å². The Bertz CT molecular complexity index is 645. The minimum Gasteiger partial charge on any atom is -0.356 e. The second kappa shape index (κ2) is 6.73. The molecule has 0 aromatic carbocycles. The zero-order valence-electron chi connectivity index (χ0n) is 14.0. The van der Waals surface area contributed by atoms with Crippen LogP contribution >= 0.6 is 0 Å². The first-order valence-electron chi connectivity index (χ1n) is 8.47. The van der Waals surface area contributed by atoms with E-state index in [0.29, 0.717) is 0 Å². The predicted molar refractivity (Wildman–Crippen MR) is 90.9 cm³/mol. The van der Waals surface area contributed by atoms with Crippen molar-refractivity contribution in [1.29, 1.82) is 0 Å². The van der Waals surface area contributed by atoms with Crippen molar-refractivity contribution in [2.75, 3.05) is 24.2 Å². The number of hydrogen-bond acceptors (Lipinski definition) is 5. The average Bonchev–Trinajstić information content (AvgIpc) is 2.67. The van der Waals surface area contributed by atoms with E-state index in [1.807, 2.05) is 17.3 Å². The van der Waals surface area contributed by atoms with Gasteiger partial charge in [-0.25, -0.2) is 18.4 Å². The SMILES string of the molecule is Cc1cc(N2CCC[C@H](N(C3CCC3)S(C)(=O)=O)CC2)ncn1. The van der Waals surface area contributed by atoms with Crippen LogP contribution < -0.4 is 4.90 Å². The highest BCUT2D eigenvalue weighted by Crippen LogP contribution is 2.32. The molecule has 2 heterocycles. The minimum atomic E-state index is -3.14. The third-order valence-electron chi connectivity index (χ3n) is 4.99. The zero-order chi connectivity index (χ0) is 16.4. The Labute approximate surface area is 139 Å². The smallest absolute Gasteiger partial charge is 0.211 e. The van der Waals surface area contributed by atoms with Gasteiger partial charge in [0, 0.05) is 36.9 Å². The summed E-state index contributed by atoms with van der Waals surface area (Å²) >= 11 is 0. The van der Waals surface area contributed by atoms with Gasteiger partial charge in [-0.05, 0) is 39.0 Å². The Morgan fingerprint density at radius 2 is 1.78 bits per heavy atom. The summed E-state index contributed by atoms with van der Waals surface area (Å²) in [5.41, 5.74) is 0.961. The number of aromatic nitrogens is 2. The molecular weight excluding hydrogens is 312 g/mol. The molecule has 0 spiro atoms. The van der Waals surface area contributed by atoms with Crippen molar-refractivity contribution in [3.8, 4) is 0 Å². The van der Waals surface area contributed by atoms with Gasteiger partial charge < -0.3 is 4.90 Å². The summed E-state index contributed by atoms with van der Waals surface area (Å²) in [4.78, 5) is 10.8.